The molecule has 0 aromatic heterocycles. The lowest BCUT2D eigenvalue weighted by atomic mass is 10.2. The van der Waals surface area contributed by atoms with Gasteiger partial charge in [0.1, 0.15) is 6.61 Å². The number of nitrogens with two attached hydrogens (primary N) is 1. The van der Waals surface area contributed by atoms with Crippen molar-refractivity contribution in [3.63, 3.8) is 0 Å². The highest BCUT2D eigenvalue weighted by molar-refractivity contribution is 5.67. The van der Waals surface area contributed by atoms with E-state index in [1.165, 1.54) is 6.08 Å². The first-order valence-electron chi connectivity index (χ1n) is 4.54. The van der Waals surface area contributed by atoms with Gasteiger partial charge in [-0.1, -0.05) is 12.7 Å². The summed E-state index contributed by atoms with van der Waals surface area (Å²) < 4.78 is 4.78. The van der Waals surface area contributed by atoms with E-state index in [2.05, 4.69) is 11.9 Å². The topological polar surface area (TPSA) is 64.3 Å². The number of nitrogens with one attached hydrogen (secondary N) is 1. The zero-order chi connectivity index (χ0) is 9.68. The largest absolute Gasteiger partial charge is 0.445 e. The average molecular weight is 184 g/mol. The Kier molecular flexibility index (Phi) is 3.76. The molecule has 1 fully saturated rings. The lowest BCUT2D eigenvalue weighted by molar-refractivity contribution is 0.153. The van der Waals surface area contributed by atoms with Crippen LogP contribution >= 0.6 is 0 Å². The molecule has 2 atom stereocenters. The lowest BCUT2D eigenvalue weighted by Crippen LogP contribution is -2.44. The van der Waals surface area contributed by atoms with Crippen LogP contribution in [-0.2, 0) is 4.74 Å². The Morgan fingerprint density at radius 1 is 1.69 bits per heavy atom. The molecule has 0 spiro atoms. The molecule has 74 valence electrons. The molecular weight excluding hydrogens is 168 g/mol. The van der Waals surface area contributed by atoms with Gasteiger partial charge in [0.25, 0.3) is 0 Å². The molecule has 0 aromatic rings. The number of ether oxygens (including phenoxy) is 1. The molecule has 0 aliphatic heterocycles. The van der Waals surface area contributed by atoms with Crippen LogP contribution in [0.15, 0.2) is 12.7 Å². The van der Waals surface area contributed by atoms with Crippen molar-refractivity contribution in [3.05, 3.63) is 12.7 Å². The normalized spacial score (nSPS) is 26.8. The van der Waals surface area contributed by atoms with Gasteiger partial charge in [-0.15, -0.1) is 0 Å². The highest BCUT2D eigenvalue weighted by Crippen LogP contribution is 2.16. The molecule has 0 heterocycles. The van der Waals surface area contributed by atoms with Crippen LogP contribution in [0.2, 0.25) is 0 Å². The summed E-state index contributed by atoms with van der Waals surface area (Å²) in [5.74, 6) is 0. The number of hydrogen-bond donors (Lipinski definition) is 2. The maximum absolute atomic E-state index is 11.1. The van der Waals surface area contributed by atoms with Crippen molar-refractivity contribution < 1.29 is 9.53 Å². The summed E-state index contributed by atoms with van der Waals surface area (Å²) in [6.07, 6.45) is 4.14. The molecule has 0 bridgehead atoms. The Bertz CT molecular complexity index is 194. The smallest absolute Gasteiger partial charge is 0.407 e. The second-order valence-corrected chi connectivity index (χ2v) is 3.23. The molecule has 3 N–H and O–H groups in total. The summed E-state index contributed by atoms with van der Waals surface area (Å²) in [4.78, 5) is 11.1. The van der Waals surface area contributed by atoms with Crippen molar-refractivity contribution in [1.29, 1.82) is 0 Å². The fourth-order valence-corrected chi connectivity index (χ4v) is 1.50. The van der Waals surface area contributed by atoms with E-state index >= 15 is 0 Å². The minimum atomic E-state index is -0.401. The highest BCUT2D eigenvalue weighted by Gasteiger charge is 2.25. The minimum absolute atomic E-state index is 0.0799. The fourth-order valence-electron chi connectivity index (χ4n) is 1.50. The molecule has 0 aromatic carbocycles. The molecule has 1 saturated carbocycles. The van der Waals surface area contributed by atoms with Gasteiger partial charge >= 0.3 is 6.09 Å². The standard InChI is InChI=1S/C9H16N2O2/c1-2-6-13-9(12)11-8-5-3-4-7(8)10/h2,7-8H,1,3-6,10H2,(H,11,12)/t7-,8+/m0/s1. The Labute approximate surface area is 78.1 Å². The molecule has 1 aliphatic carbocycles. The molecule has 0 saturated heterocycles. The summed E-state index contributed by atoms with van der Waals surface area (Å²) in [6.45, 7) is 3.69. The summed E-state index contributed by atoms with van der Waals surface area (Å²) in [5, 5.41) is 2.73. The van der Waals surface area contributed by atoms with Crippen LogP contribution in [0.3, 0.4) is 0 Å². The van der Waals surface area contributed by atoms with E-state index < -0.39 is 6.09 Å². The predicted octanol–water partition coefficient (Wildman–Crippen LogP) is 0.778. The second kappa shape index (κ2) is 4.87. The van der Waals surface area contributed by atoms with E-state index in [4.69, 9.17) is 10.5 Å². The Balaban J connectivity index is 2.22. The van der Waals surface area contributed by atoms with Gasteiger partial charge < -0.3 is 15.8 Å². The van der Waals surface area contributed by atoms with E-state index in [9.17, 15) is 4.79 Å². The zero-order valence-electron chi connectivity index (χ0n) is 7.66. The highest BCUT2D eigenvalue weighted by atomic mass is 16.5. The predicted molar refractivity (Wildman–Crippen MR) is 50.3 cm³/mol. The zero-order valence-corrected chi connectivity index (χ0v) is 7.66. The third kappa shape index (κ3) is 3.06. The SMILES string of the molecule is C=CCOC(=O)N[C@@H]1CCC[C@@H]1N. The monoisotopic (exact) mass is 184 g/mol. The third-order valence-corrected chi connectivity index (χ3v) is 2.20. The number of alkyl carbamates (subject to hydrolysis) is 1. The average Bonchev–Trinajstić information content (AvgIpc) is 2.48. The van der Waals surface area contributed by atoms with Gasteiger partial charge in [0.2, 0.25) is 0 Å². The van der Waals surface area contributed by atoms with E-state index in [1.807, 2.05) is 0 Å². The maximum atomic E-state index is 11.1. The summed E-state index contributed by atoms with van der Waals surface area (Å²) in [7, 11) is 0. The van der Waals surface area contributed by atoms with Crippen LogP contribution in [0.4, 0.5) is 4.79 Å². The van der Waals surface area contributed by atoms with E-state index in [0.29, 0.717) is 0 Å². The van der Waals surface area contributed by atoms with Crippen LogP contribution < -0.4 is 11.1 Å². The molecule has 13 heavy (non-hydrogen) atoms. The van der Waals surface area contributed by atoms with Gasteiger partial charge in [-0.2, -0.15) is 0 Å². The molecule has 0 radical (unpaired) electrons. The van der Waals surface area contributed by atoms with Crippen molar-refractivity contribution in [2.45, 2.75) is 31.3 Å². The molecule has 1 aliphatic rings. The van der Waals surface area contributed by atoms with Crippen molar-refractivity contribution in [2.24, 2.45) is 5.73 Å². The van der Waals surface area contributed by atoms with Gasteiger partial charge in [0.05, 0.1) is 0 Å². The van der Waals surface area contributed by atoms with Crippen LogP contribution in [0.25, 0.3) is 0 Å². The Morgan fingerprint density at radius 2 is 2.46 bits per heavy atom. The van der Waals surface area contributed by atoms with Crippen molar-refractivity contribution >= 4 is 6.09 Å². The Hall–Kier alpha value is -1.03. The first-order valence-corrected chi connectivity index (χ1v) is 4.54. The number of amides is 1. The summed E-state index contributed by atoms with van der Waals surface area (Å²) >= 11 is 0. The van der Waals surface area contributed by atoms with E-state index in [0.717, 1.165) is 19.3 Å². The molecule has 4 nitrogen and oxygen atoms in total. The van der Waals surface area contributed by atoms with Crippen LogP contribution in [0.1, 0.15) is 19.3 Å². The Morgan fingerprint density at radius 3 is 3.00 bits per heavy atom. The van der Waals surface area contributed by atoms with Crippen LogP contribution in [0.5, 0.6) is 0 Å². The summed E-state index contributed by atoms with van der Waals surface area (Å²) in [5.41, 5.74) is 5.77. The first-order chi connectivity index (χ1) is 6.24. The number of rotatable bonds is 3. The summed E-state index contributed by atoms with van der Waals surface area (Å²) in [6, 6.07) is 0.161. The van der Waals surface area contributed by atoms with Crippen LogP contribution in [-0.4, -0.2) is 24.8 Å². The van der Waals surface area contributed by atoms with E-state index in [-0.39, 0.29) is 18.7 Å². The number of carbonyl (C=O) groups excluding carboxylic acids is 1. The van der Waals surface area contributed by atoms with Gasteiger partial charge in [0, 0.05) is 12.1 Å². The first kappa shape index (κ1) is 10.1. The third-order valence-electron chi connectivity index (χ3n) is 2.20. The lowest BCUT2D eigenvalue weighted by Gasteiger charge is -2.16. The van der Waals surface area contributed by atoms with Gasteiger partial charge in [0.15, 0.2) is 0 Å². The van der Waals surface area contributed by atoms with Gasteiger partial charge in [-0.3, -0.25) is 0 Å². The van der Waals surface area contributed by atoms with Gasteiger partial charge in [-0.05, 0) is 19.3 Å². The quantitative estimate of drug-likeness (QED) is 0.637. The molecule has 0 unspecified atom stereocenters. The number of hydrogen-bond acceptors (Lipinski definition) is 3. The molecule has 1 rings (SSSR count). The molecule has 1 amide bonds. The molecular formula is C9H16N2O2. The fraction of sp³-hybridized carbons (Fsp3) is 0.667. The van der Waals surface area contributed by atoms with E-state index in [1.54, 1.807) is 0 Å². The molecule has 4 heteroatoms. The second-order valence-electron chi connectivity index (χ2n) is 3.23. The maximum Gasteiger partial charge on any atom is 0.407 e. The van der Waals surface area contributed by atoms with Crippen molar-refractivity contribution in [3.8, 4) is 0 Å². The van der Waals surface area contributed by atoms with Gasteiger partial charge in [-0.25, -0.2) is 4.79 Å². The van der Waals surface area contributed by atoms with Crippen molar-refractivity contribution in [1.82, 2.24) is 5.32 Å². The van der Waals surface area contributed by atoms with Crippen LogP contribution in [0, 0.1) is 0 Å². The van der Waals surface area contributed by atoms with Crippen molar-refractivity contribution in [2.75, 3.05) is 6.61 Å². The number of carbonyl (C=O) groups is 1. The minimum Gasteiger partial charge on any atom is -0.445 e.